The van der Waals surface area contributed by atoms with Gasteiger partial charge in [0.05, 0.1) is 6.54 Å². The summed E-state index contributed by atoms with van der Waals surface area (Å²) in [4.78, 5) is 15.7. The van der Waals surface area contributed by atoms with Gasteiger partial charge in [-0.3, -0.25) is 9.69 Å². The van der Waals surface area contributed by atoms with Crippen LogP contribution in [0.4, 0.5) is 0 Å². The van der Waals surface area contributed by atoms with Crippen LogP contribution in [0.1, 0.15) is 33.6 Å². The average Bonchev–Trinajstić information content (AvgIpc) is 2.64. The Bertz CT molecular complexity index is 263. The summed E-state index contributed by atoms with van der Waals surface area (Å²) in [7, 11) is 0. The molecule has 0 aromatic carbocycles. The molecule has 1 atom stereocenters. The Kier molecular flexibility index (Phi) is 5.85. The molecule has 1 amide bonds. The van der Waals surface area contributed by atoms with Crippen molar-refractivity contribution in [2.24, 2.45) is 0 Å². The monoisotopic (exact) mass is 257 g/mol. The minimum atomic E-state index is 0.102. The first kappa shape index (κ1) is 14.4. The molecule has 1 saturated heterocycles. The molecule has 17 heavy (non-hydrogen) atoms. The van der Waals surface area contributed by atoms with Crippen molar-refractivity contribution in [2.45, 2.75) is 39.7 Å². The molecule has 1 aliphatic heterocycles. The predicted octanol–water partition coefficient (Wildman–Crippen LogP) is 1.21. The first-order chi connectivity index (χ1) is 8.10. The maximum atomic E-state index is 11.6. The average molecular weight is 257 g/mol. The number of carbonyl (C=O) groups is 1. The van der Waals surface area contributed by atoms with Crippen molar-refractivity contribution in [1.29, 1.82) is 0 Å². The van der Waals surface area contributed by atoms with Crippen LogP contribution in [0.2, 0.25) is 0 Å². The molecule has 0 aliphatic carbocycles. The highest BCUT2D eigenvalue weighted by Crippen LogP contribution is 2.11. The van der Waals surface area contributed by atoms with Gasteiger partial charge in [-0.15, -0.1) is 0 Å². The topological polar surface area (TPSA) is 35.6 Å². The number of nitrogens with one attached hydrogen (secondary N) is 1. The summed E-state index contributed by atoms with van der Waals surface area (Å²) in [5.41, 5.74) is 0. The molecule has 1 rings (SSSR count). The molecule has 0 saturated carbocycles. The number of nitrogens with zero attached hydrogens (tertiary/aromatic N) is 2. The highest BCUT2D eigenvalue weighted by Gasteiger charge is 2.29. The van der Waals surface area contributed by atoms with Crippen molar-refractivity contribution in [2.75, 3.05) is 26.2 Å². The van der Waals surface area contributed by atoms with Crippen LogP contribution in [0.5, 0.6) is 0 Å². The van der Waals surface area contributed by atoms with E-state index in [1.54, 1.807) is 4.90 Å². The summed E-state index contributed by atoms with van der Waals surface area (Å²) >= 11 is 5.13. The second-order valence-corrected chi connectivity index (χ2v) is 4.83. The van der Waals surface area contributed by atoms with E-state index in [2.05, 4.69) is 31.0 Å². The van der Waals surface area contributed by atoms with Crippen molar-refractivity contribution < 1.29 is 4.79 Å². The standard InChI is InChI=1S/C12H23N3OS/c1-4-14(5-2)8-6-7-10(3)15-11(16)9-13-12(15)17/h10H,4-9H2,1-3H3,(H,13,17). The Morgan fingerprint density at radius 3 is 2.59 bits per heavy atom. The van der Waals surface area contributed by atoms with Crippen LogP contribution in [-0.4, -0.2) is 53.0 Å². The van der Waals surface area contributed by atoms with Gasteiger partial charge in [-0.05, 0) is 51.6 Å². The zero-order chi connectivity index (χ0) is 12.8. The zero-order valence-corrected chi connectivity index (χ0v) is 11.8. The van der Waals surface area contributed by atoms with Crippen LogP contribution < -0.4 is 5.32 Å². The number of rotatable bonds is 7. The molecular weight excluding hydrogens is 234 g/mol. The maximum Gasteiger partial charge on any atom is 0.248 e. The molecule has 1 N–H and O–H groups in total. The van der Waals surface area contributed by atoms with Crippen molar-refractivity contribution in [3.05, 3.63) is 0 Å². The van der Waals surface area contributed by atoms with E-state index >= 15 is 0 Å². The largest absolute Gasteiger partial charge is 0.353 e. The van der Waals surface area contributed by atoms with Gasteiger partial charge in [0.1, 0.15) is 0 Å². The minimum absolute atomic E-state index is 0.102. The maximum absolute atomic E-state index is 11.6. The second-order valence-electron chi connectivity index (χ2n) is 4.44. The molecule has 0 spiro atoms. The van der Waals surface area contributed by atoms with Gasteiger partial charge >= 0.3 is 0 Å². The molecule has 0 radical (unpaired) electrons. The molecule has 4 nitrogen and oxygen atoms in total. The van der Waals surface area contributed by atoms with Crippen molar-refractivity contribution in [3.63, 3.8) is 0 Å². The van der Waals surface area contributed by atoms with Gasteiger partial charge in [0, 0.05) is 6.04 Å². The quantitative estimate of drug-likeness (QED) is 0.696. The van der Waals surface area contributed by atoms with Crippen molar-refractivity contribution in [1.82, 2.24) is 15.1 Å². The van der Waals surface area contributed by atoms with Crippen molar-refractivity contribution >= 4 is 23.2 Å². The predicted molar refractivity (Wildman–Crippen MR) is 73.9 cm³/mol. The lowest BCUT2D eigenvalue weighted by molar-refractivity contribution is -0.125. The molecular formula is C12H23N3OS. The third-order valence-electron chi connectivity index (χ3n) is 3.31. The number of thiocarbonyl (C=S) groups is 1. The number of carbonyl (C=O) groups excluding carboxylic acids is 1. The first-order valence-electron chi connectivity index (χ1n) is 6.42. The van der Waals surface area contributed by atoms with E-state index < -0.39 is 0 Å². The lowest BCUT2D eigenvalue weighted by Gasteiger charge is -2.24. The molecule has 5 heteroatoms. The molecule has 1 fully saturated rings. The van der Waals surface area contributed by atoms with Gasteiger partial charge < -0.3 is 10.2 Å². The minimum Gasteiger partial charge on any atom is -0.353 e. The van der Waals surface area contributed by atoms with Crippen molar-refractivity contribution in [3.8, 4) is 0 Å². The van der Waals surface area contributed by atoms with E-state index in [0.717, 1.165) is 32.5 Å². The fraction of sp³-hybridized carbons (Fsp3) is 0.833. The summed E-state index contributed by atoms with van der Waals surface area (Å²) in [5, 5.41) is 3.51. The summed E-state index contributed by atoms with van der Waals surface area (Å²) in [5.74, 6) is 0.102. The Morgan fingerprint density at radius 1 is 1.47 bits per heavy atom. The Hall–Kier alpha value is -0.680. The lowest BCUT2D eigenvalue weighted by atomic mass is 10.1. The van der Waals surface area contributed by atoms with E-state index in [-0.39, 0.29) is 11.9 Å². The second kappa shape index (κ2) is 6.91. The SMILES string of the molecule is CCN(CC)CCCC(C)N1C(=O)CNC1=S. The van der Waals surface area contributed by atoms with Gasteiger partial charge in [-0.25, -0.2) is 0 Å². The third kappa shape index (κ3) is 3.92. The van der Waals surface area contributed by atoms with Gasteiger partial charge in [0.2, 0.25) is 5.91 Å². The van der Waals surface area contributed by atoms with Crippen LogP contribution in [0.25, 0.3) is 0 Å². The van der Waals surface area contributed by atoms with E-state index in [9.17, 15) is 4.79 Å². The fourth-order valence-corrected chi connectivity index (χ4v) is 2.51. The molecule has 0 aromatic heterocycles. The van der Waals surface area contributed by atoms with Crippen LogP contribution in [0, 0.1) is 0 Å². The Balaban J connectivity index is 2.31. The summed E-state index contributed by atoms with van der Waals surface area (Å²) < 4.78 is 0. The number of hydrogen-bond acceptors (Lipinski definition) is 3. The number of hydrogen-bond donors (Lipinski definition) is 1. The molecule has 98 valence electrons. The highest BCUT2D eigenvalue weighted by atomic mass is 32.1. The zero-order valence-electron chi connectivity index (χ0n) is 11.0. The summed E-state index contributed by atoms with van der Waals surface area (Å²) in [6.07, 6.45) is 2.11. The van der Waals surface area contributed by atoms with Gasteiger partial charge in [0.15, 0.2) is 5.11 Å². The lowest BCUT2D eigenvalue weighted by Crippen LogP contribution is -2.39. The fourth-order valence-electron chi connectivity index (χ4n) is 2.16. The summed E-state index contributed by atoms with van der Waals surface area (Å²) in [6.45, 7) is 10.1. The van der Waals surface area contributed by atoms with E-state index in [1.807, 2.05) is 0 Å². The molecule has 0 bridgehead atoms. The van der Waals surface area contributed by atoms with E-state index in [0.29, 0.717) is 11.7 Å². The van der Waals surface area contributed by atoms with E-state index in [1.165, 1.54) is 0 Å². The normalized spacial score (nSPS) is 17.8. The molecule has 1 heterocycles. The highest BCUT2D eigenvalue weighted by molar-refractivity contribution is 7.80. The smallest absolute Gasteiger partial charge is 0.248 e. The number of amides is 1. The van der Waals surface area contributed by atoms with E-state index in [4.69, 9.17) is 12.2 Å². The van der Waals surface area contributed by atoms with Gasteiger partial charge in [0.25, 0.3) is 0 Å². The molecule has 1 aliphatic rings. The molecule has 0 aromatic rings. The van der Waals surface area contributed by atoms with Crippen LogP contribution in [-0.2, 0) is 4.79 Å². The van der Waals surface area contributed by atoms with Gasteiger partial charge in [-0.1, -0.05) is 13.8 Å². The Labute approximate surface area is 109 Å². The Morgan fingerprint density at radius 2 is 2.12 bits per heavy atom. The van der Waals surface area contributed by atoms with Crippen LogP contribution >= 0.6 is 12.2 Å². The van der Waals surface area contributed by atoms with Crippen LogP contribution in [0.3, 0.4) is 0 Å². The first-order valence-corrected chi connectivity index (χ1v) is 6.83. The van der Waals surface area contributed by atoms with Gasteiger partial charge in [-0.2, -0.15) is 0 Å². The third-order valence-corrected chi connectivity index (χ3v) is 3.65. The summed E-state index contributed by atoms with van der Waals surface area (Å²) in [6, 6.07) is 0.209. The van der Waals surface area contributed by atoms with Crippen LogP contribution in [0.15, 0.2) is 0 Å². The molecule has 1 unspecified atom stereocenters.